The predicted octanol–water partition coefficient (Wildman–Crippen LogP) is 5.67. The summed E-state index contributed by atoms with van der Waals surface area (Å²) in [6.07, 6.45) is 2.17. The van der Waals surface area contributed by atoms with Crippen LogP contribution in [0.2, 0.25) is 0 Å². The summed E-state index contributed by atoms with van der Waals surface area (Å²) in [7, 11) is 0. The Kier molecular flexibility index (Phi) is 7.31. The maximum atomic E-state index is 12.5. The summed E-state index contributed by atoms with van der Waals surface area (Å²) in [4.78, 5) is 12.5. The number of hydrogen-bond acceptors (Lipinski definition) is 3. The molecule has 2 rings (SSSR count). The minimum atomic E-state index is -0.178. The molecular formula is C20H24BrNO3. The van der Waals surface area contributed by atoms with Crippen LogP contribution in [0.5, 0.6) is 11.5 Å². The molecule has 0 atom stereocenters. The van der Waals surface area contributed by atoms with E-state index in [9.17, 15) is 4.79 Å². The lowest BCUT2D eigenvalue weighted by Crippen LogP contribution is -2.12. The van der Waals surface area contributed by atoms with Crippen LogP contribution in [0.1, 0.15) is 44.0 Å². The van der Waals surface area contributed by atoms with Gasteiger partial charge in [0.25, 0.3) is 5.91 Å². The van der Waals surface area contributed by atoms with Crippen molar-refractivity contribution in [2.24, 2.45) is 0 Å². The molecule has 0 bridgehead atoms. The molecule has 1 N–H and O–H groups in total. The van der Waals surface area contributed by atoms with Gasteiger partial charge >= 0.3 is 0 Å². The Bertz CT molecular complexity index is 716. The van der Waals surface area contributed by atoms with Gasteiger partial charge in [0.2, 0.25) is 0 Å². The molecule has 0 saturated heterocycles. The quantitative estimate of drug-likeness (QED) is 0.575. The highest BCUT2D eigenvalue weighted by Crippen LogP contribution is 2.27. The number of carbonyl (C=O) groups is 1. The van der Waals surface area contributed by atoms with Gasteiger partial charge in [0.1, 0.15) is 11.5 Å². The van der Waals surface area contributed by atoms with Crippen LogP contribution in [0, 0.1) is 0 Å². The lowest BCUT2D eigenvalue weighted by molar-refractivity contribution is 0.102. The summed E-state index contributed by atoms with van der Waals surface area (Å²) < 4.78 is 12.1. The fourth-order valence-electron chi connectivity index (χ4n) is 2.21. The van der Waals surface area contributed by atoms with E-state index in [1.54, 1.807) is 12.1 Å². The second-order valence-corrected chi connectivity index (χ2v) is 6.85. The van der Waals surface area contributed by atoms with Crippen molar-refractivity contribution in [2.75, 3.05) is 11.9 Å². The minimum absolute atomic E-state index is 0.0853. The summed E-state index contributed by atoms with van der Waals surface area (Å²) in [5.74, 6) is 1.30. The van der Waals surface area contributed by atoms with Crippen LogP contribution in [0.15, 0.2) is 46.9 Å². The second-order valence-electron chi connectivity index (χ2n) is 6.00. The first-order valence-corrected chi connectivity index (χ1v) is 9.29. The highest BCUT2D eigenvalue weighted by molar-refractivity contribution is 9.10. The number of hydrogen-bond donors (Lipinski definition) is 1. The van der Waals surface area contributed by atoms with E-state index in [2.05, 4.69) is 28.2 Å². The van der Waals surface area contributed by atoms with Gasteiger partial charge in [0.15, 0.2) is 0 Å². The van der Waals surface area contributed by atoms with Crippen molar-refractivity contribution >= 4 is 27.5 Å². The smallest absolute Gasteiger partial charge is 0.255 e. The van der Waals surface area contributed by atoms with Crippen LogP contribution in [0.25, 0.3) is 0 Å². The minimum Gasteiger partial charge on any atom is -0.492 e. The summed E-state index contributed by atoms with van der Waals surface area (Å²) in [5, 5.41) is 2.89. The number of benzene rings is 2. The van der Waals surface area contributed by atoms with Crippen LogP contribution >= 0.6 is 15.9 Å². The van der Waals surface area contributed by atoms with Gasteiger partial charge in [-0.15, -0.1) is 0 Å². The van der Waals surface area contributed by atoms with Gasteiger partial charge in [-0.3, -0.25) is 4.79 Å². The predicted molar refractivity (Wildman–Crippen MR) is 105 cm³/mol. The van der Waals surface area contributed by atoms with Gasteiger partial charge in [0.05, 0.1) is 17.2 Å². The van der Waals surface area contributed by atoms with Crippen molar-refractivity contribution in [3.63, 3.8) is 0 Å². The highest BCUT2D eigenvalue weighted by atomic mass is 79.9. The van der Waals surface area contributed by atoms with E-state index in [0.29, 0.717) is 17.9 Å². The average Bonchev–Trinajstić information content (AvgIpc) is 2.56. The van der Waals surface area contributed by atoms with Gasteiger partial charge in [-0.25, -0.2) is 0 Å². The summed E-state index contributed by atoms with van der Waals surface area (Å²) in [5.41, 5.74) is 1.26. The number of ether oxygens (including phenoxy) is 2. The zero-order valence-corrected chi connectivity index (χ0v) is 16.4. The third-order valence-electron chi connectivity index (χ3n) is 3.41. The molecule has 134 valence electrons. The molecule has 0 unspecified atom stereocenters. The molecule has 0 heterocycles. The van der Waals surface area contributed by atoms with Crippen molar-refractivity contribution in [3.05, 3.63) is 52.5 Å². The number of amides is 1. The number of anilines is 1. The molecule has 2 aromatic carbocycles. The topological polar surface area (TPSA) is 47.6 Å². The number of rotatable bonds is 8. The first kappa shape index (κ1) is 19.3. The van der Waals surface area contributed by atoms with E-state index in [1.165, 1.54) is 0 Å². The first-order valence-electron chi connectivity index (χ1n) is 8.50. The molecule has 0 saturated carbocycles. The lowest BCUT2D eigenvalue weighted by atomic mass is 10.2. The molecule has 0 aliphatic carbocycles. The Hall–Kier alpha value is -2.01. The van der Waals surface area contributed by atoms with Crippen molar-refractivity contribution in [2.45, 2.75) is 39.7 Å². The maximum absolute atomic E-state index is 12.5. The van der Waals surface area contributed by atoms with E-state index < -0.39 is 0 Å². The third-order valence-corrected chi connectivity index (χ3v) is 4.03. The zero-order valence-electron chi connectivity index (χ0n) is 14.8. The standard InChI is InChI=1S/C20H24BrNO3/c1-4-5-11-24-19-10-9-15(12-18(19)21)20(23)22-16-7-6-8-17(13-16)25-14(2)3/h6-10,12-14H,4-5,11H2,1-3H3,(H,22,23). The Morgan fingerprint density at radius 2 is 2.00 bits per heavy atom. The number of halogens is 1. The van der Waals surface area contributed by atoms with E-state index >= 15 is 0 Å². The van der Waals surface area contributed by atoms with Gasteiger partial charge < -0.3 is 14.8 Å². The molecule has 1 amide bonds. The summed E-state index contributed by atoms with van der Waals surface area (Å²) in [6.45, 7) is 6.72. The van der Waals surface area contributed by atoms with Crippen molar-refractivity contribution in [1.29, 1.82) is 0 Å². The molecule has 25 heavy (non-hydrogen) atoms. The Labute approximate surface area is 157 Å². The Morgan fingerprint density at radius 1 is 1.20 bits per heavy atom. The number of nitrogens with one attached hydrogen (secondary N) is 1. The van der Waals surface area contributed by atoms with Crippen LogP contribution in [-0.4, -0.2) is 18.6 Å². The summed E-state index contributed by atoms with van der Waals surface area (Å²) in [6, 6.07) is 12.7. The molecule has 0 fully saturated rings. The molecular weight excluding hydrogens is 382 g/mol. The molecule has 0 aromatic heterocycles. The molecule has 2 aromatic rings. The Balaban J connectivity index is 2.04. The van der Waals surface area contributed by atoms with E-state index in [1.807, 2.05) is 44.2 Å². The van der Waals surface area contributed by atoms with Crippen molar-refractivity contribution in [3.8, 4) is 11.5 Å². The van der Waals surface area contributed by atoms with E-state index in [0.717, 1.165) is 28.8 Å². The maximum Gasteiger partial charge on any atom is 0.255 e. The highest BCUT2D eigenvalue weighted by Gasteiger charge is 2.10. The lowest BCUT2D eigenvalue weighted by Gasteiger charge is -2.12. The fraction of sp³-hybridized carbons (Fsp3) is 0.350. The molecule has 5 heteroatoms. The zero-order chi connectivity index (χ0) is 18.2. The van der Waals surface area contributed by atoms with Crippen LogP contribution in [-0.2, 0) is 0 Å². The van der Waals surface area contributed by atoms with Crippen LogP contribution in [0.3, 0.4) is 0 Å². The van der Waals surface area contributed by atoms with Crippen molar-refractivity contribution < 1.29 is 14.3 Å². The van der Waals surface area contributed by atoms with E-state index in [-0.39, 0.29) is 12.0 Å². The largest absolute Gasteiger partial charge is 0.492 e. The van der Waals surface area contributed by atoms with Gasteiger partial charge in [-0.2, -0.15) is 0 Å². The van der Waals surface area contributed by atoms with Crippen LogP contribution < -0.4 is 14.8 Å². The third kappa shape index (κ3) is 6.09. The SMILES string of the molecule is CCCCOc1ccc(C(=O)Nc2cccc(OC(C)C)c2)cc1Br. The van der Waals surface area contributed by atoms with Gasteiger partial charge in [-0.05, 0) is 66.5 Å². The fourth-order valence-corrected chi connectivity index (χ4v) is 2.70. The van der Waals surface area contributed by atoms with Crippen LogP contribution in [0.4, 0.5) is 5.69 Å². The van der Waals surface area contributed by atoms with E-state index in [4.69, 9.17) is 9.47 Å². The molecule has 0 spiro atoms. The number of carbonyl (C=O) groups excluding carboxylic acids is 1. The molecule has 0 aliphatic rings. The Morgan fingerprint density at radius 3 is 2.68 bits per heavy atom. The number of unbranched alkanes of at least 4 members (excludes halogenated alkanes) is 1. The molecule has 0 aliphatic heterocycles. The van der Waals surface area contributed by atoms with Gasteiger partial charge in [-0.1, -0.05) is 19.4 Å². The summed E-state index contributed by atoms with van der Waals surface area (Å²) >= 11 is 3.47. The molecule has 4 nitrogen and oxygen atoms in total. The second kappa shape index (κ2) is 9.47. The normalized spacial score (nSPS) is 10.6. The van der Waals surface area contributed by atoms with Crippen molar-refractivity contribution in [1.82, 2.24) is 0 Å². The average molecular weight is 406 g/mol. The molecule has 0 radical (unpaired) electrons. The van der Waals surface area contributed by atoms with Gasteiger partial charge in [0, 0.05) is 17.3 Å². The monoisotopic (exact) mass is 405 g/mol. The first-order chi connectivity index (χ1) is 12.0.